The Bertz CT molecular complexity index is 853. The summed E-state index contributed by atoms with van der Waals surface area (Å²) in [6.07, 6.45) is 1.13. The third-order valence-corrected chi connectivity index (χ3v) is 4.69. The van der Waals surface area contributed by atoms with Crippen molar-refractivity contribution in [1.29, 1.82) is 0 Å². The lowest BCUT2D eigenvalue weighted by atomic mass is 10.2. The van der Waals surface area contributed by atoms with Crippen LogP contribution in [-0.4, -0.2) is 29.2 Å². The van der Waals surface area contributed by atoms with Gasteiger partial charge in [-0.3, -0.25) is 0 Å². The molecule has 0 aliphatic carbocycles. The first-order valence-corrected chi connectivity index (χ1v) is 8.11. The molecule has 0 bridgehead atoms. The number of benzene rings is 2. The molecule has 23 heavy (non-hydrogen) atoms. The first-order chi connectivity index (χ1) is 11.2. The molecule has 2 heterocycles. The van der Waals surface area contributed by atoms with Gasteiger partial charge in [-0.15, -0.1) is 0 Å². The molecule has 2 aromatic carbocycles. The van der Waals surface area contributed by atoms with E-state index in [4.69, 9.17) is 4.74 Å². The van der Waals surface area contributed by atoms with E-state index in [0.29, 0.717) is 6.61 Å². The number of fused-ring (bicyclic) bond motifs is 2. The normalized spacial score (nSPS) is 13.6. The van der Waals surface area contributed by atoms with Gasteiger partial charge < -0.3 is 14.2 Å². The Morgan fingerprint density at radius 3 is 2.96 bits per heavy atom. The quantitative estimate of drug-likeness (QED) is 0.741. The van der Waals surface area contributed by atoms with Gasteiger partial charge in [-0.1, -0.05) is 18.2 Å². The van der Waals surface area contributed by atoms with Crippen molar-refractivity contribution in [2.75, 3.05) is 24.6 Å². The van der Waals surface area contributed by atoms with Crippen molar-refractivity contribution >= 4 is 16.7 Å². The Balaban J connectivity index is 1.42. The molecule has 0 atom stereocenters. The summed E-state index contributed by atoms with van der Waals surface area (Å²) in [5, 5.41) is 0. The fourth-order valence-corrected chi connectivity index (χ4v) is 3.30. The fourth-order valence-electron chi connectivity index (χ4n) is 3.30. The molecule has 1 aliphatic rings. The molecule has 0 unspecified atom stereocenters. The standard InChI is InChI=1S/C19H21N3O/c1-14-20-17-13-16(7-8-19(17)21(14)2)23-12-11-22-10-9-15-5-3-4-6-18(15)22/h3-8,13H,9-12H2,1-2H3. The summed E-state index contributed by atoms with van der Waals surface area (Å²) in [4.78, 5) is 6.96. The number of nitrogens with zero attached hydrogens (tertiary/aromatic N) is 3. The molecule has 1 aliphatic heterocycles. The van der Waals surface area contributed by atoms with E-state index < -0.39 is 0 Å². The Kier molecular flexibility index (Phi) is 3.45. The number of rotatable bonds is 4. The van der Waals surface area contributed by atoms with Gasteiger partial charge in [-0.2, -0.15) is 0 Å². The average Bonchev–Trinajstić information content (AvgIpc) is 3.09. The lowest BCUT2D eigenvalue weighted by Crippen LogP contribution is -2.26. The lowest BCUT2D eigenvalue weighted by Gasteiger charge is -2.19. The van der Waals surface area contributed by atoms with E-state index >= 15 is 0 Å². The molecule has 0 saturated heterocycles. The van der Waals surface area contributed by atoms with Crippen LogP contribution in [0.1, 0.15) is 11.4 Å². The van der Waals surface area contributed by atoms with Gasteiger partial charge in [0.1, 0.15) is 18.2 Å². The summed E-state index contributed by atoms with van der Waals surface area (Å²) in [7, 11) is 2.04. The van der Waals surface area contributed by atoms with E-state index in [-0.39, 0.29) is 0 Å². The molecule has 4 rings (SSSR count). The molecular formula is C19H21N3O. The van der Waals surface area contributed by atoms with Gasteiger partial charge in [-0.05, 0) is 37.1 Å². The molecule has 3 aromatic rings. The second-order valence-corrected chi connectivity index (χ2v) is 6.08. The van der Waals surface area contributed by atoms with Crippen LogP contribution >= 0.6 is 0 Å². The molecule has 1 aromatic heterocycles. The van der Waals surface area contributed by atoms with Gasteiger partial charge in [0.25, 0.3) is 0 Å². The zero-order valence-electron chi connectivity index (χ0n) is 13.6. The van der Waals surface area contributed by atoms with Crippen molar-refractivity contribution < 1.29 is 4.74 Å². The molecule has 0 fully saturated rings. The fraction of sp³-hybridized carbons (Fsp3) is 0.316. The molecular weight excluding hydrogens is 286 g/mol. The van der Waals surface area contributed by atoms with Gasteiger partial charge in [0.2, 0.25) is 0 Å². The zero-order valence-corrected chi connectivity index (χ0v) is 13.6. The van der Waals surface area contributed by atoms with Gasteiger partial charge in [-0.25, -0.2) is 4.98 Å². The van der Waals surface area contributed by atoms with E-state index in [9.17, 15) is 0 Å². The summed E-state index contributed by atoms with van der Waals surface area (Å²) in [6.45, 7) is 4.70. The van der Waals surface area contributed by atoms with Gasteiger partial charge in [0.05, 0.1) is 17.6 Å². The molecule has 0 saturated carbocycles. The predicted octanol–water partition coefficient (Wildman–Crippen LogP) is 3.32. The summed E-state index contributed by atoms with van der Waals surface area (Å²) in [5.41, 5.74) is 4.93. The van der Waals surface area contributed by atoms with Crippen molar-refractivity contribution in [2.24, 2.45) is 7.05 Å². The van der Waals surface area contributed by atoms with Crippen LogP contribution in [0.2, 0.25) is 0 Å². The van der Waals surface area contributed by atoms with Crippen molar-refractivity contribution in [3.63, 3.8) is 0 Å². The Morgan fingerprint density at radius 2 is 2.04 bits per heavy atom. The van der Waals surface area contributed by atoms with Gasteiger partial charge in [0, 0.05) is 25.3 Å². The van der Waals surface area contributed by atoms with E-state index in [2.05, 4.69) is 44.8 Å². The molecule has 0 radical (unpaired) electrons. The number of imidazole rings is 1. The maximum absolute atomic E-state index is 5.95. The van der Waals surface area contributed by atoms with Crippen LogP contribution in [0.15, 0.2) is 42.5 Å². The van der Waals surface area contributed by atoms with Crippen molar-refractivity contribution in [1.82, 2.24) is 9.55 Å². The monoisotopic (exact) mass is 307 g/mol. The number of aromatic nitrogens is 2. The highest BCUT2D eigenvalue weighted by Gasteiger charge is 2.17. The molecule has 0 N–H and O–H groups in total. The number of ether oxygens (including phenoxy) is 1. The topological polar surface area (TPSA) is 30.3 Å². The number of para-hydroxylation sites is 1. The second-order valence-electron chi connectivity index (χ2n) is 6.08. The summed E-state index contributed by atoms with van der Waals surface area (Å²) in [6, 6.07) is 14.8. The Morgan fingerprint density at radius 1 is 1.17 bits per heavy atom. The Labute approximate surface area is 136 Å². The first-order valence-electron chi connectivity index (χ1n) is 8.11. The maximum atomic E-state index is 5.95. The van der Waals surface area contributed by atoms with E-state index in [1.165, 1.54) is 11.3 Å². The minimum absolute atomic E-state index is 0.686. The number of anilines is 1. The summed E-state index contributed by atoms with van der Waals surface area (Å²) < 4.78 is 8.05. The van der Waals surface area contributed by atoms with Crippen LogP contribution in [0.5, 0.6) is 5.75 Å². The van der Waals surface area contributed by atoms with E-state index in [1.807, 2.05) is 26.1 Å². The van der Waals surface area contributed by atoms with Crippen molar-refractivity contribution in [2.45, 2.75) is 13.3 Å². The lowest BCUT2D eigenvalue weighted by molar-refractivity contribution is 0.325. The number of hydrogen-bond acceptors (Lipinski definition) is 3. The van der Waals surface area contributed by atoms with Crippen LogP contribution in [0.25, 0.3) is 11.0 Å². The van der Waals surface area contributed by atoms with Crippen LogP contribution < -0.4 is 9.64 Å². The highest BCUT2D eigenvalue weighted by atomic mass is 16.5. The van der Waals surface area contributed by atoms with Crippen LogP contribution in [0.3, 0.4) is 0 Å². The highest BCUT2D eigenvalue weighted by molar-refractivity contribution is 5.77. The van der Waals surface area contributed by atoms with E-state index in [1.54, 1.807) is 0 Å². The Hall–Kier alpha value is -2.49. The minimum atomic E-state index is 0.686. The SMILES string of the molecule is Cc1nc2cc(OCCN3CCc4ccccc43)ccc2n1C. The molecule has 4 nitrogen and oxygen atoms in total. The minimum Gasteiger partial charge on any atom is -0.492 e. The first kappa shape index (κ1) is 14.1. The van der Waals surface area contributed by atoms with E-state index in [0.717, 1.165) is 42.1 Å². The largest absolute Gasteiger partial charge is 0.492 e. The van der Waals surface area contributed by atoms with Gasteiger partial charge >= 0.3 is 0 Å². The third kappa shape index (κ3) is 2.54. The summed E-state index contributed by atoms with van der Waals surface area (Å²) in [5.74, 6) is 1.91. The zero-order chi connectivity index (χ0) is 15.8. The number of aryl methyl sites for hydroxylation is 2. The van der Waals surface area contributed by atoms with Crippen LogP contribution in [0, 0.1) is 6.92 Å². The molecule has 0 spiro atoms. The van der Waals surface area contributed by atoms with Crippen molar-refractivity contribution in [3.8, 4) is 5.75 Å². The maximum Gasteiger partial charge on any atom is 0.121 e. The van der Waals surface area contributed by atoms with Crippen molar-refractivity contribution in [3.05, 3.63) is 53.9 Å². The predicted molar refractivity (Wildman–Crippen MR) is 93.3 cm³/mol. The molecule has 4 heteroatoms. The third-order valence-electron chi connectivity index (χ3n) is 4.69. The van der Waals surface area contributed by atoms with Crippen LogP contribution in [-0.2, 0) is 13.5 Å². The second kappa shape index (κ2) is 5.61. The smallest absolute Gasteiger partial charge is 0.121 e. The average molecular weight is 307 g/mol. The molecule has 118 valence electrons. The highest BCUT2D eigenvalue weighted by Crippen LogP contribution is 2.27. The number of hydrogen-bond donors (Lipinski definition) is 0. The van der Waals surface area contributed by atoms with Gasteiger partial charge in [0.15, 0.2) is 0 Å². The van der Waals surface area contributed by atoms with Crippen LogP contribution in [0.4, 0.5) is 5.69 Å². The summed E-state index contributed by atoms with van der Waals surface area (Å²) >= 11 is 0. The molecule has 0 amide bonds.